The molecule has 1 saturated heterocycles. The fraction of sp³-hybridized carbons (Fsp3) is 0.800. The zero-order chi connectivity index (χ0) is 11.3. The lowest BCUT2D eigenvalue weighted by Gasteiger charge is -2.32. The molecule has 5 heteroatoms. The Kier molecular flexibility index (Phi) is 4.55. The molecule has 1 atom stereocenters. The summed E-state index contributed by atoms with van der Waals surface area (Å²) >= 11 is 0. The number of carbonyl (C=O) groups excluding carboxylic acids is 1. The average Bonchev–Trinajstić information content (AvgIpc) is 2.25. The summed E-state index contributed by atoms with van der Waals surface area (Å²) in [6, 6.07) is -0.636. The van der Waals surface area contributed by atoms with Gasteiger partial charge in [0.2, 0.25) is 5.91 Å². The molecular formula is C10H17NO4. The van der Waals surface area contributed by atoms with Gasteiger partial charge in [-0.3, -0.25) is 4.79 Å². The minimum atomic E-state index is -0.902. The third kappa shape index (κ3) is 3.20. The van der Waals surface area contributed by atoms with E-state index in [0.29, 0.717) is 19.6 Å². The lowest BCUT2D eigenvalue weighted by atomic mass is 10.0. The quantitative estimate of drug-likeness (QED) is 0.741. The van der Waals surface area contributed by atoms with Crippen LogP contribution >= 0.6 is 0 Å². The van der Waals surface area contributed by atoms with Crippen LogP contribution in [0.5, 0.6) is 0 Å². The highest BCUT2D eigenvalue weighted by Crippen LogP contribution is 2.18. The van der Waals surface area contributed by atoms with Crippen molar-refractivity contribution >= 4 is 11.9 Å². The third-order valence-corrected chi connectivity index (χ3v) is 2.63. The summed E-state index contributed by atoms with van der Waals surface area (Å²) in [5, 5.41) is 8.96. The molecule has 0 aliphatic carbocycles. The van der Waals surface area contributed by atoms with Gasteiger partial charge in [0.25, 0.3) is 0 Å². The summed E-state index contributed by atoms with van der Waals surface area (Å²) in [5.41, 5.74) is 0. The monoisotopic (exact) mass is 215 g/mol. The van der Waals surface area contributed by atoms with E-state index >= 15 is 0 Å². The highest BCUT2D eigenvalue weighted by Gasteiger charge is 2.31. The second kappa shape index (κ2) is 5.70. The number of hydrogen-bond acceptors (Lipinski definition) is 3. The molecule has 15 heavy (non-hydrogen) atoms. The van der Waals surface area contributed by atoms with E-state index in [4.69, 9.17) is 9.84 Å². The largest absolute Gasteiger partial charge is 0.480 e. The molecule has 0 bridgehead atoms. The van der Waals surface area contributed by atoms with Crippen molar-refractivity contribution in [1.29, 1.82) is 0 Å². The maximum Gasteiger partial charge on any atom is 0.326 e. The van der Waals surface area contributed by atoms with Crippen molar-refractivity contribution in [3.05, 3.63) is 0 Å². The molecule has 0 aromatic heterocycles. The van der Waals surface area contributed by atoms with Gasteiger partial charge in [0.05, 0.1) is 13.0 Å². The first-order valence-corrected chi connectivity index (χ1v) is 5.18. The van der Waals surface area contributed by atoms with Gasteiger partial charge in [-0.2, -0.15) is 0 Å². The van der Waals surface area contributed by atoms with E-state index in [-0.39, 0.29) is 12.3 Å². The van der Waals surface area contributed by atoms with E-state index in [1.54, 1.807) is 0 Å². The molecule has 0 spiro atoms. The Morgan fingerprint density at radius 2 is 2.20 bits per heavy atom. The minimum absolute atomic E-state index is 0.121. The summed E-state index contributed by atoms with van der Waals surface area (Å²) in [6.45, 7) is 0.904. The number of piperidine rings is 1. The van der Waals surface area contributed by atoms with Crippen LogP contribution in [0.15, 0.2) is 0 Å². The standard InChI is InChI=1S/C10H17NO4/c1-15-7-5-9(12)11-6-3-2-4-8(11)10(13)14/h8H,2-7H2,1H3,(H,13,14)/t8-/m0/s1. The van der Waals surface area contributed by atoms with Crippen LogP contribution in [0.1, 0.15) is 25.7 Å². The van der Waals surface area contributed by atoms with Crippen LogP contribution in [-0.2, 0) is 14.3 Å². The van der Waals surface area contributed by atoms with Crippen molar-refractivity contribution in [2.45, 2.75) is 31.7 Å². The Morgan fingerprint density at radius 1 is 1.47 bits per heavy atom. The number of methoxy groups -OCH3 is 1. The zero-order valence-corrected chi connectivity index (χ0v) is 8.94. The molecule has 1 aliphatic rings. The lowest BCUT2D eigenvalue weighted by molar-refractivity contribution is -0.152. The molecule has 1 aliphatic heterocycles. The Hall–Kier alpha value is -1.10. The Balaban J connectivity index is 2.55. The number of rotatable bonds is 4. The molecule has 0 saturated carbocycles. The summed E-state index contributed by atoms with van der Waals surface area (Å²) in [6.07, 6.45) is 2.60. The first kappa shape index (κ1) is 12.0. The van der Waals surface area contributed by atoms with Gasteiger partial charge in [0.1, 0.15) is 6.04 Å². The van der Waals surface area contributed by atoms with E-state index in [9.17, 15) is 9.59 Å². The Labute approximate surface area is 89.0 Å². The van der Waals surface area contributed by atoms with E-state index in [0.717, 1.165) is 12.8 Å². The van der Waals surface area contributed by atoms with Crippen LogP contribution < -0.4 is 0 Å². The number of carboxylic acid groups (broad SMARTS) is 1. The summed E-state index contributed by atoms with van der Waals surface area (Å²) in [4.78, 5) is 24.0. The molecule has 86 valence electrons. The van der Waals surface area contributed by atoms with Crippen molar-refractivity contribution in [3.8, 4) is 0 Å². The number of ether oxygens (including phenoxy) is 1. The molecule has 1 amide bonds. The number of likely N-dealkylation sites (tertiary alicyclic amines) is 1. The zero-order valence-electron chi connectivity index (χ0n) is 8.94. The number of hydrogen-bond donors (Lipinski definition) is 1. The molecule has 5 nitrogen and oxygen atoms in total. The molecule has 1 fully saturated rings. The Morgan fingerprint density at radius 3 is 2.80 bits per heavy atom. The molecule has 0 aromatic rings. The minimum Gasteiger partial charge on any atom is -0.480 e. The summed E-state index contributed by atoms with van der Waals surface area (Å²) < 4.78 is 4.80. The number of amides is 1. The molecule has 0 radical (unpaired) electrons. The molecule has 0 aromatic carbocycles. The van der Waals surface area contributed by atoms with Crippen molar-refractivity contribution < 1.29 is 19.4 Å². The second-order valence-electron chi connectivity index (χ2n) is 3.68. The Bertz CT molecular complexity index is 242. The van der Waals surface area contributed by atoms with Crippen LogP contribution in [-0.4, -0.2) is 48.2 Å². The van der Waals surface area contributed by atoms with E-state index < -0.39 is 12.0 Å². The van der Waals surface area contributed by atoms with Crippen LogP contribution in [0.4, 0.5) is 0 Å². The van der Waals surface area contributed by atoms with Gasteiger partial charge in [-0.1, -0.05) is 0 Å². The van der Waals surface area contributed by atoms with Crippen LogP contribution in [0, 0.1) is 0 Å². The van der Waals surface area contributed by atoms with Gasteiger partial charge in [0, 0.05) is 13.7 Å². The smallest absolute Gasteiger partial charge is 0.326 e. The first-order valence-electron chi connectivity index (χ1n) is 5.18. The maximum atomic E-state index is 11.7. The molecule has 1 N–H and O–H groups in total. The fourth-order valence-electron chi connectivity index (χ4n) is 1.82. The van der Waals surface area contributed by atoms with Crippen molar-refractivity contribution in [1.82, 2.24) is 4.90 Å². The third-order valence-electron chi connectivity index (χ3n) is 2.63. The van der Waals surface area contributed by atoms with Crippen LogP contribution in [0.25, 0.3) is 0 Å². The van der Waals surface area contributed by atoms with Crippen molar-refractivity contribution in [2.75, 3.05) is 20.3 Å². The van der Waals surface area contributed by atoms with Gasteiger partial charge >= 0.3 is 5.97 Å². The molecule has 1 heterocycles. The first-order chi connectivity index (χ1) is 7.16. The SMILES string of the molecule is COCCC(=O)N1CCCC[C@H]1C(=O)O. The predicted molar refractivity (Wildman–Crippen MR) is 53.5 cm³/mol. The highest BCUT2D eigenvalue weighted by molar-refractivity contribution is 5.83. The number of carbonyl (C=O) groups is 2. The fourth-order valence-corrected chi connectivity index (χ4v) is 1.82. The molecule has 0 unspecified atom stereocenters. The predicted octanol–water partition coefficient (Wildman–Crippen LogP) is 0.489. The van der Waals surface area contributed by atoms with Crippen LogP contribution in [0.2, 0.25) is 0 Å². The van der Waals surface area contributed by atoms with Gasteiger partial charge in [-0.25, -0.2) is 4.79 Å². The second-order valence-corrected chi connectivity index (χ2v) is 3.68. The van der Waals surface area contributed by atoms with E-state index in [2.05, 4.69) is 0 Å². The average molecular weight is 215 g/mol. The number of carboxylic acids is 1. The maximum absolute atomic E-state index is 11.7. The van der Waals surface area contributed by atoms with Gasteiger partial charge in [0.15, 0.2) is 0 Å². The van der Waals surface area contributed by atoms with Gasteiger partial charge < -0.3 is 14.7 Å². The van der Waals surface area contributed by atoms with E-state index in [1.165, 1.54) is 12.0 Å². The van der Waals surface area contributed by atoms with Crippen molar-refractivity contribution in [3.63, 3.8) is 0 Å². The van der Waals surface area contributed by atoms with Crippen molar-refractivity contribution in [2.24, 2.45) is 0 Å². The van der Waals surface area contributed by atoms with E-state index in [1.807, 2.05) is 0 Å². The molecule has 1 rings (SSSR count). The van der Waals surface area contributed by atoms with Crippen LogP contribution in [0.3, 0.4) is 0 Å². The highest BCUT2D eigenvalue weighted by atomic mass is 16.5. The van der Waals surface area contributed by atoms with Gasteiger partial charge in [-0.15, -0.1) is 0 Å². The number of nitrogens with zero attached hydrogens (tertiary/aromatic N) is 1. The lowest BCUT2D eigenvalue weighted by Crippen LogP contribution is -2.48. The van der Waals surface area contributed by atoms with Gasteiger partial charge in [-0.05, 0) is 19.3 Å². The summed E-state index contributed by atoms with van der Waals surface area (Å²) in [7, 11) is 1.53. The normalized spacial score (nSPS) is 21.4. The summed E-state index contributed by atoms with van der Waals surface area (Å²) in [5.74, 6) is -1.02. The number of aliphatic carboxylic acids is 1. The molecular weight excluding hydrogens is 198 g/mol. The topological polar surface area (TPSA) is 66.8 Å².